The zero-order chi connectivity index (χ0) is 40.4. The van der Waals surface area contributed by atoms with Crippen molar-refractivity contribution in [1.82, 2.24) is 19.8 Å². The lowest BCUT2D eigenvalue weighted by Crippen LogP contribution is -2.52. The fourth-order valence-electron chi connectivity index (χ4n) is 6.15. The third-order valence-corrected chi connectivity index (χ3v) is 11.4. The number of benzene rings is 3. The summed E-state index contributed by atoms with van der Waals surface area (Å²) in [7, 11) is -2.66. The zero-order valence-corrected chi connectivity index (χ0v) is 33.3. The van der Waals surface area contributed by atoms with Crippen molar-refractivity contribution >= 4 is 74.3 Å². The molecule has 1 aliphatic rings. The number of urea groups is 1. The molecule has 296 valence electrons. The van der Waals surface area contributed by atoms with Crippen molar-refractivity contribution in [2.45, 2.75) is 75.9 Å². The molecular formula is C38H46Cl2N6O8S. The van der Waals surface area contributed by atoms with E-state index in [2.05, 4.69) is 21.3 Å². The summed E-state index contributed by atoms with van der Waals surface area (Å²) in [5.41, 5.74) is 2.79. The van der Waals surface area contributed by atoms with Crippen molar-refractivity contribution in [3.8, 4) is 0 Å². The Morgan fingerprint density at radius 2 is 1.62 bits per heavy atom. The zero-order valence-electron chi connectivity index (χ0n) is 31.0. The number of carboxylic acids is 1. The number of likely N-dealkylation sites (N-methyl/N-ethyl adjacent to an activating group) is 1. The van der Waals surface area contributed by atoms with Gasteiger partial charge in [-0.25, -0.2) is 18.0 Å². The van der Waals surface area contributed by atoms with Crippen LogP contribution in [0.4, 0.5) is 16.2 Å². The van der Waals surface area contributed by atoms with E-state index in [1.807, 2.05) is 39.0 Å². The predicted molar refractivity (Wildman–Crippen MR) is 211 cm³/mol. The third-order valence-electron chi connectivity index (χ3n) is 9.11. The lowest BCUT2D eigenvalue weighted by molar-refractivity contribution is -0.142. The largest absolute Gasteiger partial charge is 0.480 e. The molecule has 5 N–H and O–H groups in total. The van der Waals surface area contributed by atoms with Gasteiger partial charge in [0.15, 0.2) is 0 Å². The van der Waals surface area contributed by atoms with E-state index < -0.39 is 52.0 Å². The van der Waals surface area contributed by atoms with Crippen molar-refractivity contribution < 1.29 is 37.5 Å². The van der Waals surface area contributed by atoms with E-state index in [4.69, 9.17) is 23.2 Å². The molecule has 5 amide bonds. The molecule has 0 bridgehead atoms. The van der Waals surface area contributed by atoms with E-state index in [1.54, 1.807) is 30.3 Å². The summed E-state index contributed by atoms with van der Waals surface area (Å²) in [5, 5.41) is 20.8. The number of nitrogens with zero attached hydrogens (tertiary/aromatic N) is 2. The first-order chi connectivity index (χ1) is 26.0. The summed E-state index contributed by atoms with van der Waals surface area (Å²) in [6.07, 6.45) is 0.659. The smallest absolute Gasteiger partial charge is 0.326 e. The van der Waals surface area contributed by atoms with Gasteiger partial charge in [-0.15, -0.1) is 0 Å². The van der Waals surface area contributed by atoms with E-state index in [0.29, 0.717) is 29.8 Å². The molecule has 0 aliphatic carbocycles. The molecule has 3 atom stereocenters. The molecule has 1 fully saturated rings. The van der Waals surface area contributed by atoms with Crippen molar-refractivity contribution in [3.05, 3.63) is 87.9 Å². The number of nitrogens with one attached hydrogen (secondary N) is 4. The number of carbonyl (C=O) groups excluding carboxylic acids is 4. The van der Waals surface area contributed by atoms with Crippen LogP contribution in [0.25, 0.3) is 0 Å². The second-order valence-corrected chi connectivity index (χ2v) is 16.5. The molecule has 1 aliphatic heterocycles. The van der Waals surface area contributed by atoms with Gasteiger partial charge in [-0.2, -0.15) is 4.31 Å². The van der Waals surface area contributed by atoms with Crippen LogP contribution in [0.3, 0.4) is 0 Å². The van der Waals surface area contributed by atoms with Gasteiger partial charge < -0.3 is 31.3 Å². The molecule has 1 saturated heterocycles. The minimum atomic E-state index is -4.19. The summed E-state index contributed by atoms with van der Waals surface area (Å²) in [6.45, 7) is 5.59. The number of amides is 5. The summed E-state index contributed by atoms with van der Waals surface area (Å²) < 4.78 is 27.8. The highest BCUT2D eigenvalue weighted by Crippen LogP contribution is 2.30. The molecule has 1 unspecified atom stereocenters. The highest BCUT2D eigenvalue weighted by molar-refractivity contribution is 7.89. The molecule has 0 aromatic heterocycles. The first-order valence-electron chi connectivity index (χ1n) is 17.7. The summed E-state index contributed by atoms with van der Waals surface area (Å²) in [5.74, 6) is -2.94. The second-order valence-electron chi connectivity index (χ2n) is 13.8. The quantitative estimate of drug-likeness (QED) is 0.129. The SMILES string of the molecule is Cc1ccccc1NC(=O)Nc1ccc(CC(=O)N(C)[C@@H](CC(C)C)C(=O)NCC[C@H](NC(=O)C2CCCN2[35S](=O)(=O)c2cc(Cl)cc(Cl)c2)C(=O)O)cc1. The number of carbonyl (C=O) groups is 5. The molecule has 55 heavy (non-hydrogen) atoms. The first-order valence-corrected chi connectivity index (χ1v) is 19.9. The number of para-hydroxylation sites is 1. The van der Waals surface area contributed by atoms with Crippen LogP contribution >= 0.6 is 23.2 Å². The molecular weight excluding hydrogens is 774 g/mol. The Bertz CT molecular complexity index is 1980. The Morgan fingerprint density at radius 3 is 2.24 bits per heavy atom. The Balaban J connectivity index is 1.32. The maximum absolute atomic E-state index is 13.4. The second kappa shape index (κ2) is 19.2. The average molecular weight is 821 g/mol. The average Bonchev–Trinajstić information content (AvgIpc) is 3.62. The molecule has 4 rings (SSSR count). The number of aliphatic carboxylic acids is 1. The highest BCUT2D eigenvalue weighted by Gasteiger charge is 2.41. The predicted octanol–water partition coefficient (Wildman–Crippen LogP) is 5.29. The molecule has 1 heterocycles. The Kier molecular flexibility index (Phi) is 15.1. The van der Waals surface area contributed by atoms with Gasteiger partial charge in [0, 0.05) is 41.6 Å². The lowest BCUT2D eigenvalue weighted by Gasteiger charge is -2.29. The van der Waals surface area contributed by atoms with Gasteiger partial charge in [0.25, 0.3) is 0 Å². The van der Waals surface area contributed by atoms with Crippen LogP contribution < -0.4 is 21.3 Å². The van der Waals surface area contributed by atoms with Crippen LogP contribution in [0.15, 0.2) is 71.6 Å². The summed E-state index contributed by atoms with van der Waals surface area (Å²) in [4.78, 5) is 65.8. The summed E-state index contributed by atoms with van der Waals surface area (Å²) in [6, 6.07) is 14.1. The molecule has 14 nitrogen and oxygen atoms in total. The Morgan fingerprint density at radius 1 is 0.964 bits per heavy atom. The molecule has 0 radical (unpaired) electrons. The molecule has 17 heteroatoms. The highest BCUT2D eigenvalue weighted by atomic mass is 35.5. The van der Waals surface area contributed by atoms with Crippen LogP contribution in [0, 0.1) is 12.8 Å². The van der Waals surface area contributed by atoms with Crippen LogP contribution in [-0.4, -0.2) is 90.7 Å². The molecule has 3 aromatic carbocycles. The summed E-state index contributed by atoms with van der Waals surface area (Å²) >= 11 is 12.0. The van der Waals surface area contributed by atoms with Gasteiger partial charge in [-0.3, -0.25) is 14.4 Å². The fraction of sp³-hybridized carbons (Fsp3) is 0.395. The lowest BCUT2D eigenvalue weighted by atomic mass is 10.0. The van der Waals surface area contributed by atoms with E-state index in [9.17, 15) is 37.5 Å². The van der Waals surface area contributed by atoms with Gasteiger partial charge >= 0.3 is 12.0 Å². The van der Waals surface area contributed by atoms with Crippen molar-refractivity contribution in [3.63, 3.8) is 0 Å². The van der Waals surface area contributed by atoms with Gasteiger partial charge in [-0.05, 0) is 86.1 Å². The third kappa shape index (κ3) is 11.9. The molecule has 3 aromatic rings. The van der Waals surface area contributed by atoms with Crippen molar-refractivity contribution in [2.75, 3.05) is 30.8 Å². The van der Waals surface area contributed by atoms with Gasteiger partial charge in [0.1, 0.15) is 18.1 Å². The topological polar surface area (TPSA) is 194 Å². The first kappa shape index (κ1) is 43.0. The number of hydrogen-bond donors (Lipinski definition) is 5. The van der Waals surface area contributed by atoms with Crippen molar-refractivity contribution in [2.24, 2.45) is 5.92 Å². The minimum Gasteiger partial charge on any atom is -0.480 e. The van der Waals surface area contributed by atoms with Crippen molar-refractivity contribution in [1.29, 1.82) is 0 Å². The standard InChI is InChI=1S/C38H46Cl2N6O8S/c1-23(2)18-33(45(4)34(47)19-25-11-13-28(14-12-25)42-38(52)44-30-9-6-5-8-24(30)3)35(48)41-16-15-31(37(50)51)43-36(49)32-10-7-17-46(32)55(53,54)29-21-26(39)20-27(40)22-29/h5-6,8-9,11-14,20-23,31-33H,7,10,15-19H2,1-4H3,(H,41,48)(H,43,49)(H,50,51)(H2,42,44,52)/t31-,32?,33-/m0/s1/i55+3. The normalized spacial score (nSPS) is 15.5. The number of rotatable bonds is 16. The monoisotopic (exact) mass is 819 g/mol. The molecule has 0 spiro atoms. The number of carboxylic acid groups (broad SMARTS) is 1. The van der Waals surface area contributed by atoms with Gasteiger partial charge in [0.2, 0.25) is 27.7 Å². The van der Waals surface area contributed by atoms with Gasteiger partial charge in [0.05, 0.1) is 11.3 Å². The Labute approximate surface area is 331 Å². The van der Waals surface area contributed by atoms with Crippen LogP contribution in [-0.2, 0) is 35.6 Å². The number of sulfonamides is 1. The van der Waals surface area contributed by atoms with E-state index in [0.717, 1.165) is 9.87 Å². The minimum absolute atomic E-state index is 0.0144. The van der Waals surface area contributed by atoms with E-state index in [1.165, 1.54) is 30.1 Å². The van der Waals surface area contributed by atoms with Crippen LogP contribution in [0.2, 0.25) is 10.0 Å². The van der Waals surface area contributed by atoms with E-state index in [-0.39, 0.29) is 59.1 Å². The maximum Gasteiger partial charge on any atom is 0.326 e. The number of halogens is 2. The Hall–Kier alpha value is -4.70. The fourth-order valence-corrected chi connectivity index (χ4v) is 8.53. The number of aryl methyl sites for hydroxylation is 1. The van der Waals surface area contributed by atoms with Crippen LogP contribution in [0.5, 0.6) is 0 Å². The molecule has 0 saturated carbocycles. The maximum atomic E-state index is 13.4. The van der Waals surface area contributed by atoms with E-state index >= 15 is 0 Å². The number of hydrogen-bond acceptors (Lipinski definition) is 7. The van der Waals surface area contributed by atoms with Gasteiger partial charge in [-0.1, -0.05) is 67.4 Å². The van der Waals surface area contributed by atoms with Crippen LogP contribution in [0.1, 0.15) is 50.7 Å². The number of anilines is 2.